The van der Waals surface area contributed by atoms with Gasteiger partial charge in [-0.05, 0) is 55.8 Å². The molecule has 5 rings (SSSR count). The zero-order valence-corrected chi connectivity index (χ0v) is 18.8. The van der Waals surface area contributed by atoms with Gasteiger partial charge < -0.3 is 10.4 Å². The van der Waals surface area contributed by atoms with Crippen LogP contribution in [0.15, 0.2) is 67.0 Å². The number of nitrogens with zero attached hydrogens (tertiary/aromatic N) is 4. The first kappa shape index (κ1) is 22.1. The number of aromatic nitrogens is 4. The van der Waals surface area contributed by atoms with E-state index in [1.54, 1.807) is 50.2 Å². The topological polar surface area (TPSA) is 92.9 Å². The van der Waals surface area contributed by atoms with Crippen LogP contribution in [0.3, 0.4) is 0 Å². The molecule has 2 aromatic heterocycles. The van der Waals surface area contributed by atoms with Crippen molar-refractivity contribution in [3.05, 3.63) is 95.4 Å². The number of nitrogens with one attached hydrogen (secondary N) is 1. The summed E-state index contributed by atoms with van der Waals surface area (Å²) in [5.74, 6) is -1.74. The SMILES string of the molecule is Cc1nn(-c2cccc(F)c2C)c(Nc2ccccc2C(=O)O)c1-c1cc(F)c2nccnc2c1. The Hall–Kier alpha value is -4.66. The zero-order chi connectivity index (χ0) is 24.7. The van der Waals surface area contributed by atoms with Gasteiger partial charge in [-0.1, -0.05) is 18.2 Å². The molecule has 0 amide bonds. The lowest BCUT2D eigenvalue weighted by Crippen LogP contribution is -2.08. The number of anilines is 2. The fourth-order valence-corrected chi connectivity index (χ4v) is 4.07. The lowest BCUT2D eigenvalue weighted by molar-refractivity contribution is 0.0698. The van der Waals surface area contributed by atoms with Crippen molar-refractivity contribution in [3.8, 4) is 16.8 Å². The van der Waals surface area contributed by atoms with Crippen molar-refractivity contribution in [2.75, 3.05) is 5.32 Å². The van der Waals surface area contributed by atoms with Crippen LogP contribution in [0.5, 0.6) is 0 Å². The number of carboxylic acids is 1. The summed E-state index contributed by atoms with van der Waals surface area (Å²) in [5.41, 5.74) is 3.13. The standard InChI is InChI=1S/C26H19F2N5O2/c1-14-18(27)7-5-9-22(14)33-25(31-20-8-4-3-6-17(20)26(34)35)23(15(2)32-33)16-12-19(28)24-21(13-16)29-10-11-30-24/h3-13,31H,1-2H3,(H,34,35). The van der Waals surface area contributed by atoms with Crippen LogP contribution in [0, 0.1) is 25.5 Å². The van der Waals surface area contributed by atoms with Crippen molar-refractivity contribution >= 4 is 28.5 Å². The molecule has 3 aromatic carbocycles. The van der Waals surface area contributed by atoms with Gasteiger partial charge in [-0.25, -0.2) is 23.2 Å². The normalized spacial score (nSPS) is 11.1. The van der Waals surface area contributed by atoms with Crippen LogP contribution >= 0.6 is 0 Å². The molecule has 7 nitrogen and oxygen atoms in total. The summed E-state index contributed by atoms with van der Waals surface area (Å²) in [6.45, 7) is 3.37. The Balaban J connectivity index is 1.79. The Morgan fingerprint density at radius 2 is 1.74 bits per heavy atom. The first-order valence-electron chi connectivity index (χ1n) is 10.7. The molecule has 0 saturated carbocycles. The number of aryl methyl sites for hydroxylation is 1. The third-order valence-electron chi connectivity index (χ3n) is 5.75. The van der Waals surface area contributed by atoms with Crippen molar-refractivity contribution in [1.29, 1.82) is 0 Å². The van der Waals surface area contributed by atoms with Crippen molar-refractivity contribution in [1.82, 2.24) is 19.7 Å². The molecule has 0 radical (unpaired) electrons. The van der Waals surface area contributed by atoms with Crippen LogP contribution in [0.2, 0.25) is 0 Å². The van der Waals surface area contributed by atoms with Crippen molar-refractivity contribution in [3.63, 3.8) is 0 Å². The summed E-state index contributed by atoms with van der Waals surface area (Å²) in [5, 5.41) is 17.5. The van der Waals surface area contributed by atoms with E-state index in [0.29, 0.717) is 45.1 Å². The second-order valence-electron chi connectivity index (χ2n) is 7.96. The Morgan fingerprint density at radius 3 is 2.54 bits per heavy atom. The number of aromatic carboxylic acids is 1. The molecule has 0 bridgehead atoms. The minimum Gasteiger partial charge on any atom is -0.478 e. The summed E-state index contributed by atoms with van der Waals surface area (Å²) in [6, 6.07) is 14.0. The summed E-state index contributed by atoms with van der Waals surface area (Å²) < 4.78 is 30.9. The first-order valence-corrected chi connectivity index (χ1v) is 10.7. The predicted octanol–water partition coefficient (Wildman–Crippen LogP) is 5.82. The Kier molecular flexibility index (Phi) is 5.44. The number of fused-ring (bicyclic) bond motifs is 1. The van der Waals surface area contributed by atoms with Crippen molar-refractivity contribution in [2.45, 2.75) is 13.8 Å². The number of hydrogen-bond acceptors (Lipinski definition) is 5. The highest BCUT2D eigenvalue weighted by Crippen LogP contribution is 2.38. The summed E-state index contributed by atoms with van der Waals surface area (Å²) >= 11 is 0. The number of benzene rings is 3. The van der Waals surface area contributed by atoms with E-state index < -0.39 is 17.6 Å². The Labute approximate surface area is 198 Å². The number of carbonyl (C=O) groups is 1. The highest BCUT2D eigenvalue weighted by molar-refractivity contribution is 5.96. The van der Waals surface area contributed by atoms with Crippen LogP contribution < -0.4 is 5.32 Å². The summed E-state index contributed by atoms with van der Waals surface area (Å²) in [7, 11) is 0. The Bertz CT molecular complexity index is 1610. The quantitative estimate of drug-likeness (QED) is 0.336. The predicted molar refractivity (Wildman–Crippen MR) is 128 cm³/mol. The molecular weight excluding hydrogens is 452 g/mol. The lowest BCUT2D eigenvalue weighted by Gasteiger charge is -2.16. The van der Waals surface area contributed by atoms with Gasteiger partial charge >= 0.3 is 5.97 Å². The molecule has 5 aromatic rings. The van der Waals surface area contributed by atoms with E-state index in [1.165, 1.54) is 35.3 Å². The van der Waals surface area contributed by atoms with E-state index in [2.05, 4.69) is 20.4 Å². The molecule has 0 aliphatic heterocycles. The average Bonchev–Trinajstić information content (AvgIpc) is 3.16. The maximum atomic E-state index is 15.0. The molecule has 0 fully saturated rings. The maximum Gasteiger partial charge on any atom is 0.337 e. The second-order valence-corrected chi connectivity index (χ2v) is 7.96. The smallest absolute Gasteiger partial charge is 0.337 e. The van der Waals surface area contributed by atoms with Crippen LogP contribution in [0.4, 0.5) is 20.3 Å². The fourth-order valence-electron chi connectivity index (χ4n) is 4.07. The molecule has 2 N–H and O–H groups in total. The highest BCUT2D eigenvalue weighted by atomic mass is 19.1. The van der Waals surface area contributed by atoms with E-state index in [4.69, 9.17) is 0 Å². The van der Waals surface area contributed by atoms with E-state index >= 15 is 0 Å². The molecule has 0 aliphatic rings. The van der Waals surface area contributed by atoms with Crippen LogP contribution in [0.25, 0.3) is 27.8 Å². The Morgan fingerprint density at radius 1 is 0.971 bits per heavy atom. The molecule has 0 atom stereocenters. The zero-order valence-electron chi connectivity index (χ0n) is 18.8. The number of carboxylic acid groups (broad SMARTS) is 1. The van der Waals surface area contributed by atoms with Gasteiger partial charge in [0.1, 0.15) is 17.2 Å². The molecule has 0 spiro atoms. The molecule has 9 heteroatoms. The number of halogens is 2. The maximum absolute atomic E-state index is 15.0. The van der Waals surface area contributed by atoms with Gasteiger partial charge in [0.25, 0.3) is 0 Å². The summed E-state index contributed by atoms with van der Waals surface area (Å²) in [6.07, 6.45) is 2.89. The molecule has 0 saturated heterocycles. The number of para-hydroxylation sites is 1. The van der Waals surface area contributed by atoms with Gasteiger partial charge in [-0.3, -0.25) is 4.98 Å². The van der Waals surface area contributed by atoms with E-state index in [9.17, 15) is 18.7 Å². The highest BCUT2D eigenvalue weighted by Gasteiger charge is 2.23. The van der Waals surface area contributed by atoms with Gasteiger partial charge in [0.05, 0.1) is 28.1 Å². The molecule has 174 valence electrons. The van der Waals surface area contributed by atoms with E-state index in [1.807, 2.05) is 0 Å². The van der Waals surface area contributed by atoms with Crippen molar-refractivity contribution < 1.29 is 18.7 Å². The molecule has 35 heavy (non-hydrogen) atoms. The lowest BCUT2D eigenvalue weighted by atomic mass is 10.0. The molecule has 2 heterocycles. The summed E-state index contributed by atoms with van der Waals surface area (Å²) in [4.78, 5) is 20.1. The third-order valence-corrected chi connectivity index (χ3v) is 5.75. The minimum atomic E-state index is -1.12. The van der Waals surface area contributed by atoms with Gasteiger partial charge in [0, 0.05) is 23.5 Å². The van der Waals surface area contributed by atoms with Gasteiger partial charge in [0.2, 0.25) is 0 Å². The van der Waals surface area contributed by atoms with Crippen LogP contribution in [-0.4, -0.2) is 30.8 Å². The minimum absolute atomic E-state index is 0.0374. The third kappa shape index (κ3) is 3.86. The number of hydrogen-bond donors (Lipinski definition) is 2. The first-order chi connectivity index (χ1) is 16.8. The van der Waals surface area contributed by atoms with Crippen LogP contribution in [0.1, 0.15) is 21.6 Å². The largest absolute Gasteiger partial charge is 0.478 e. The monoisotopic (exact) mass is 471 g/mol. The van der Waals surface area contributed by atoms with E-state index in [0.717, 1.165) is 0 Å². The van der Waals surface area contributed by atoms with Gasteiger partial charge in [0.15, 0.2) is 5.82 Å². The second kappa shape index (κ2) is 8.60. The molecule has 0 aliphatic carbocycles. The fraction of sp³-hybridized carbons (Fsp3) is 0.0769. The average molecular weight is 471 g/mol. The van der Waals surface area contributed by atoms with Crippen LogP contribution in [-0.2, 0) is 0 Å². The molecule has 0 unspecified atom stereocenters. The van der Waals surface area contributed by atoms with E-state index in [-0.39, 0.29) is 11.1 Å². The molecular formula is C26H19F2N5O2. The van der Waals surface area contributed by atoms with Crippen molar-refractivity contribution in [2.24, 2.45) is 0 Å². The van der Waals surface area contributed by atoms with Gasteiger partial charge in [-0.2, -0.15) is 5.10 Å². The van der Waals surface area contributed by atoms with Gasteiger partial charge in [-0.15, -0.1) is 0 Å². The number of rotatable bonds is 5.